The predicted molar refractivity (Wildman–Crippen MR) is 141 cm³/mol. The van der Waals surface area contributed by atoms with E-state index < -0.39 is 0 Å². The molecule has 3 aliphatic heterocycles. The maximum atomic E-state index is 13.2. The lowest BCUT2D eigenvalue weighted by molar-refractivity contribution is -0.119. The summed E-state index contributed by atoms with van der Waals surface area (Å²) in [4.78, 5) is 31.5. The molecule has 3 heterocycles. The first-order chi connectivity index (χ1) is 16.6. The van der Waals surface area contributed by atoms with Crippen LogP contribution in [-0.2, 0) is 9.53 Å². The number of ether oxygens (including phenoxy) is 2. The van der Waals surface area contributed by atoms with E-state index in [1.165, 1.54) is 10.5 Å². The van der Waals surface area contributed by atoms with Gasteiger partial charge in [-0.1, -0.05) is 30.3 Å². The average Bonchev–Trinajstić information content (AvgIpc) is 3.34. The third-order valence-corrected chi connectivity index (χ3v) is 7.35. The van der Waals surface area contributed by atoms with Crippen LogP contribution in [0.25, 0.3) is 0 Å². The molecule has 2 aromatic carbocycles. The topological polar surface area (TPSA) is 93.8 Å². The van der Waals surface area contributed by atoms with E-state index in [2.05, 4.69) is 17.0 Å². The van der Waals surface area contributed by atoms with Gasteiger partial charge in [0.2, 0.25) is 5.91 Å². The van der Waals surface area contributed by atoms with Crippen molar-refractivity contribution >= 4 is 30.0 Å². The fourth-order valence-corrected chi connectivity index (χ4v) is 5.48. The van der Waals surface area contributed by atoms with Crippen LogP contribution in [-0.4, -0.2) is 73.2 Å². The lowest BCUT2D eigenvalue weighted by atomic mass is 9.97. The maximum absolute atomic E-state index is 13.2. The van der Waals surface area contributed by atoms with Gasteiger partial charge in [0.15, 0.2) is 0 Å². The molecule has 0 saturated carbocycles. The molecule has 0 spiro atoms. The van der Waals surface area contributed by atoms with Crippen molar-refractivity contribution in [3.05, 3.63) is 60.2 Å². The number of hydrogen-bond donors (Lipinski definition) is 0. The van der Waals surface area contributed by atoms with Crippen molar-refractivity contribution < 1.29 is 24.5 Å². The third kappa shape index (κ3) is 6.00. The lowest BCUT2D eigenvalue weighted by Crippen LogP contribution is -2.58. The molecule has 0 radical (unpaired) electrons. The zero-order valence-corrected chi connectivity index (χ0v) is 21.5. The Morgan fingerprint density at radius 3 is 2.33 bits per heavy atom. The predicted octanol–water partition coefficient (Wildman–Crippen LogP) is 3.69. The van der Waals surface area contributed by atoms with Gasteiger partial charge >= 0.3 is 6.03 Å². The molecule has 8 nitrogen and oxygen atoms in total. The molecule has 3 aliphatic rings. The van der Waals surface area contributed by atoms with Gasteiger partial charge in [-0.25, -0.2) is 9.69 Å². The molecule has 0 aromatic heterocycles. The van der Waals surface area contributed by atoms with Crippen molar-refractivity contribution in [3.8, 4) is 5.75 Å². The number of methoxy groups -OCH3 is 1. The van der Waals surface area contributed by atoms with Gasteiger partial charge in [-0.3, -0.25) is 4.79 Å². The highest BCUT2D eigenvalue weighted by Gasteiger charge is 2.38. The van der Waals surface area contributed by atoms with E-state index in [0.717, 1.165) is 51.3 Å². The first-order valence-electron chi connectivity index (χ1n) is 12.3. The van der Waals surface area contributed by atoms with Crippen LogP contribution in [0.2, 0.25) is 0 Å². The summed E-state index contributed by atoms with van der Waals surface area (Å²) in [5.41, 5.74) is 1.87. The second kappa shape index (κ2) is 12.5. The average molecular weight is 518 g/mol. The van der Waals surface area contributed by atoms with E-state index in [4.69, 9.17) is 9.47 Å². The number of benzene rings is 2. The highest BCUT2D eigenvalue weighted by molar-refractivity contribution is 6.15. The van der Waals surface area contributed by atoms with E-state index in [-0.39, 0.29) is 42.0 Å². The van der Waals surface area contributed by atoms with Gasteiger partial charge in [0.25, 0.3) is 0 Å². The monoisotopic (exact) mass is 517 g/mol. The molecule has 9 heteroatoms. The first kappa shape index (κ1) is 27.9. The second-order valence-corrected chi connectivity index (χ2v) is 9.52. The number of nitrogens with zero attached hydrogens (tertiary/aromatic N) is 3. The number of amides is 3. The highest BCUT2D eigenvalue weighted by Crippen LogP contribution is 2.34. The third-order valence-electron chi connectivity index (χ3n) is 7.35. The minimum atomic E-state index is -0.174. The Hall–Kier alpha value is -2.65. The van der Waals surface area contributed by atoms with Crippen LogP contribution in [0.5, 0.6) is 5.75 Å². The van der Waals surface area contributed by atoms with Crippen molar-refractivity contribution in [3.63, 3.8) is 0 Å². The number of anilines is 1. The van der Waals surface area contributed by atoms with Gasteiger partial charge in [0.1, 0.15) is 5.75 Å². The number of halogens is 1. The Morgan fingerprint density at radius 1 is 0.972 bits per heavy atom. The van der Waals surface area contributed by atoms with Crippen molar-refractivity contribution in [1.82, 2.24) is 9.80 Å². The molecule has 2 atom stereocenters. The lowest BCUT2D eigenvalue weighted by Gasteiger charge is -2.42. The number of carbonyl (C=O) groups excluding carboxylic acids is 2. The molecular formula is C27H36ClN3O5. The summed E-state index contributed by atoms with van der Waals surface area (Å²) in [6.45, 7) is 4.28. The minimum absolute atomic E-state index is 0. The molecule has 2 aromatic rings. The van der Waals surface area contributed by atoms with Crippen LogP contribution >= 0.6 is 12.4 Å². The molecule has 36 heavy (non-hydrogen) atoms. The van der Waals surface area contributed by atoms with Crippen LogP contribution in [0, 0.1) is 5.92 Å². The maximum Gasteiger partial charge on any atom is 0.331 e. The van der Waals surface area contributed by atoms with Crippen molar-refractivity contribution in [2.45, 2.75) is 37.8 Å². The quantitative estimate of drug-likeness (QED) is 0.582. The molecule has 0 aliphatic carbocycles. The molecule has 3 fully saturated rings. The Morgan fingerprint density at radius 2 is 1.67 bits per heavy atom. The Kier molecular flexibility index (Phi) is 9.73. The number of urea groups is 1. The van der Waals surface area contributed by atoms with Gasteiger partial charge in [-0.05, 0) is 55.0 Å². The van der Waals surface area contributed by atoms with Gasteiger partial charge in [0, 0.05) is 38.6 Å². The molecule has 5 rings (SSSR count). The number of carbonyl (C=O) groups is 2. The SMILES string of the molecule is COc1ccc(C2CC(CN3CCC(N4CCC(=O)N(c5ccccc5)C4=O)CC3)CO2)cc1.Cl.O. The van der Waals surface area contributed by atoms with E-state index >= 15 is 0 Å². The van der Waals surface area contributed by atoms with Crippen molar-refractivity contribution in [2.24, 2.45) is 5.92 Å². The smallest absolute Gasteiger partial charge is 0.331 e. The summed E-state index contributed by atoms with van der Waals surface area (Å²) in [6.07, 6.45) is 3.45. The molecule has 2 unspecified atom stereocenters. The van der Waals surface area contributed by atoms with E-state index in [9.17, 15) is 9.59 Å². The number of piperidine rings is 1. The summed E-state index contributed by atoms with van der Waals surface area (Å²) in [5.74, 6) is 1.27. The fourth-order valence-electron chi connectivity index (χ4n) is 5.48. The number of likely N-dealkylation sites (tertiary alicyclic amines) is 1. The Balaban J connectivity index is 0.00000180. The molecular weight excluding hydrogens is 482 g/mol. The highest BCUT2D eigenvalue weighted by atomic mass is 35.5. The summed E-state index contributed by atoms with van der Waals surface area (Å²) >= 11 is 0. The molecule has 0 bridgehead atoms. The standard InChI is InChI=1S/C27H33N3O4.ClH.H2O/c1-33-24-9-7-21(8-10-24)25-17-20(19-34-25)18-28-14-11-22(12-15-28)29-16-13-26(31)30(27(29)32)23-5-3-2-4-6-23;;/h2-10,20,22,25H,11-19H2,1H3;1H;1H2. The van der Waals surface area contributed by atoms with Crippen molar-refractivity contribution in [2.75, 3.05) is 44.8 Å². The number of rotatable bonds is 6. The number of hydrogen-bond acceptors (Lipinski definition) is 5. The van der Waals surface area contributed by atoms with E-state index in [1.807, 2.05) is 47.4 Å². The van der Waals surface area contributed by atoms with Crippen LogP contribution < -0.4 is 9.64 Å². The van der Waals surface area contributed by atoms with Gasteiger partial charge in [-0.2, -0.15) is 0 Å². The van der Waals surface area contributed by atoms with E-state index in [0.29, 0.717) is 24.6 Å². The summed E-state index contributed by atoms with van der Waals surface area (Å²) in [5, 5.41) is 0. The molecule has 3 amide bonds. The zero-order chi connectivity index (χ0) is 23.5. The largest absolute Gasteiger partial charge is 0.497 e. The zero-order valence-electron chi connectivity index (χ0n) is 20.7. The van der Waals surface area contributed by atoms with Gasteiger partial charge in [0.05, 0.1) is 25.5 Å². The summed E-state index contributed by atoms with van der Waals surface area (Å²) in [6, 6.07) is 17.4. The molecule has 196 valence electrons. The number of para-hydroxylation sites is 1. The Bertz CT molecular complexity index is 998. The van der Waals surface area contributed by atoms with Crippen LogP contribution in [0.1, 0.15) is 37.4 Å². The normalized spacial score (nSPS) is 23.2. The van der Waals surface area contributed by atoms with E-state index in [1.54, 1.807) is 7.11 Å². The Labute approximate surface area is 218 Å². The van der Waals surface area contributed by atoms with Crippen LogP contribution in [0.3, 0.4) is 0 Å². The fraction of sp³-hybridized carbons (Fsp3) is 0.481. The minimum Gasteiger partial charge on any atom is -0.497 e. The van der Waals surface area contributed by atoms with Gasteiger partial charge < -0.3 is 24.7 Å². The van der Waals surface area contributed by atoms with Gasteiger partial charge in [-0.15, -0.1) is 12.4 Å². The second-order valence-electron chi connectivity index (χ2n) is 9.52. The van der Waals surface area contributed by atoms with Crippen molar-refractivity contribution in [1.29, 1.82) is 0 Å². The first-order valence-corrected chi connectivity index (χ1v) is 12.3. The molecule has 2 N–H and O–H groups in total. The van der Waals surface area contributed by atoms with Crippen LogP contribution in [0.4, 0.5) is 10.5 Å². The van der Waals surface area contributed by atoms with Crippen LogP contribution in [0.15, 0.2) is 54.6 Å². The number of imide groups is 1. The summed E-state index contributed by atoms with van der Waals surface area (Å²) in [7, 11) is 1.68. The summed E-state index contributed by atoms with van der Waals surface area (Å²) < 4.78 is 11.4. The molecule has 3 saturated heterocycles.